The summed E-state index contributed by atoms with van der Waals surface area (Å²) in [6.07, 6.45) is 0. The Hall–Kier alpha value is -2.12. The minimum atomic E-state index is -2.75. The van der Waals surface area contributed by atoms with Crippen LogP contribution in [0.25, 0.3) is 0 Å². The van der Waals surface area contributed by atoms with Gasteiger partial charge in [-0.2, -0.15) is 0 Å². The number of carboxylic acids is 4. The fourth-order valence-electron chi connectivity index (χ4n) is 0.274. The van der Waals surface area contributed by atoms with Gasteiger partial charge in [0.05, 0.1) is 0 Å². The van der Waals surface area contributed by atoms with Crippen LogP contribution in [-0.4, -0.2) is 44.3 Å². The van der Waals surface area contributed by atoms with E-state index in [-0.39, 0.29) is 0 Å². The van der Waals surface area contributed by atoms with Crippen molar-refractivity contribution in [2.75, 3.05) is 0 Å². The molecule has 15 heavy (non-hydrogen) atoms. The van der Waals surface area contributed by atoms with Gasteiger partial charge in [0.15, 0.2) is 0 Å². The average Bonchev–Trinajstić information content (AvgIpc) is 2.00. The lowest BCUT2D eigenvalue weighted by molar-refractivity contribution is -0.173. The smallest absolute Gasteiger partial charge is 0.332 e. The van der Waals surface area contributed by atoms with Crippen molar-refractivity contribution in [1.82, 2.24) is 0 Å². The highest BCUT2D eigenvalue weighted by Gasteiger charge is 2.49. The van der Waals surface area contributed by atoms with Crippen molar-refractivity contribution in [2.45, 2.75) is 13.8 Å². The van der Waals surface area contributed by atoms with Crippen LogP contribution in [0.2, 0.25) is 0 Å². The highest BCUT2D eigenvalue weighted by atomic mass is 16.4. The molecule has 0 atom stereocenters. The quantitative estimate of drug-likeness (QED) is 0.459. The van der Waals surface area contributed by atoms with E-state index in [0.29, 0.717) is 6.92 Å². The maximum Gasteiger partial charge on any atom is 0.332 e. The predicted molar refractivity (Wildman–Crippen MR) is 44.3 cm³/mol. The summed E-state index contributed by atoms with van der Waals surface area (Å²) in [5.74, 6) is -6.51. The molecule has 0 amide bonds. The molecular formula is C7H10O8. The zero-order valence-corrected chi connectivity index (χ0v) is 7.92. The Labute approximate surface area is 83.8 Å². The first-order valence-electron chi connectivity index (χ1n) is 3.46. The molecule has 0 aliphatic rings. The SMILES string of the molecule is CC(=O)O.CC(C(=O)O)(C(=O)O)C(=O)O. The lowest BCUT2D eigenvalue weighted by Crippen LogP contribution is -2.43. The summed E-state index contributed by atoms with van der Waals surface area (Å²) in [4.78, 5) is 39.4. The number of hydrogen-bond donors (Lipinski definition) is 4. The summed E-state index contributed by atoms with van der Waals surface area (Å²) in [5, 5.41) is 32.1. The molecule has 0 aliphatic heterocycles. The molecule has 0 fully saturated rings. The fourth-order valence-corrected chi connectivity index (χ4v) is 0.274. The Kier molecular flexibility index (Phi) is 5.71. The highest BCUT2D eigenvalue weighted by molar-refractivity contribution is 6.15. The molecule has 86 valence electrons. The van der Waals surface area contributed by atoms with Gasteiger partial charge in [-0.3, -0.25) is 19.2 Å². The van der Waals surface area contributed by atoms with E-state index in [4.69, 9.17) is 25.2 Å². The summed E-state index contributed by atoms with van der Waals surface area (Å²) in [6, 6.07) is 0. The summed E-state index contributed by atoms with van der Waals surface area (Å²) >= 11 is 0. The maximum atomic E-state index is 10.1. The summed E-state index contributed by atoms with van der Waals surface area (Å²) < 4.78 is 0. The van der Waals surface area contributed by atoms with Gasteiger partial charge in [-0.1, -0.05) is 0 Å². The van der Waals surface area contributed by atoms with Crippen LogP contribution in [-0.2, 0) is 19.2 Å². The van der Waals surface area contributed by atoms with Gasteiger partial charge in [-0.25, -0.2) is 0 Å². The zero-order valence-electron chi connectivity index (χ0n) is 7.92. The first kappa shape index (κ1) is 15.4. The lowest BCUT2D eigenvalue weighted by Gasteiger charge is -2.12. The fraction of sp³-hybridized carbons (Fsp3) is 0.429. The first-order valence-corrected chi connectivity index (χ1v) is 3.46. The van der Waals surface area contributed by atoms with E-state index < -0.39 is 29.3 Å². The van der Waals surface area contributed by atoms with Crippen molar-refractivity contribution in [3.63, 3.8) is 0 Å². The molecule has 0 unspecified atom stereocenters. The second-order valence-corrected chi connectivity index (χ2v) is 2.56. The van der Waals surface area contributed by atoms with Gasteiger partial charge in [0, 0.05) is 6.92 Å². The zero-order chi connectivity index (χ0) is 12.8. The molecule has 0 spiro atoms. The molecule has 0 aliphatic carbocycles. The van der Waals surface area contributed by atoms with Gasteiger partial charge in [0.2, 0.25) is 0 Å². The Bertz CT molecular complexity index is 251. The van der Waals surface area contributed by atoms with Crippen molar-refractivity contribution in [3.05, 3.63) is 0 Å². The maximum absolute atomic E-state index is 10.1. The van der Waals surface area contributed by atoms with Gasteiger partial charge in [0.1, 0.15) is 0 Å². The Balaban J connectivity index is 0. The van der Waals surface area contributed by atoms with Crippen molar-refractivity contribution in [3.8, 4) is 0 Å². The van der Waals surface area contributed by atoms with E-state index in [1.807, 2.05) is 0 Å². The molecule has 8 nitrogen and oxygen atoms in total. The van der Waals surface area contributed by atoms with E-state index in [2.05, 4.69) is 0 Å². The Morgan fingerprint density at radius 2 is 0.933 bits per heavy atom. The van der Waals surface area contributed by atoms with Crippen LogP contribution in [0, 0.1) is 5.41 Å². The van der Waals surface area contributed by atoms with Crippen LogP contribution < -0.4 is 0 Å². The Morgan fingerprint density at radius 1 is 0.800 bits per heavy atom. The summed E-state index contributed by atoms with van der Waals surface area (Å²) in [6.45, 7) is 1.69. The van der Waals surface area contributed by atoms with Gasteiger partial charge < -0.3 is 20.4 Å². The van der Waals surface area contributed by atoms with Crippen LogP contribution in [0.4, 0.5) is 0 Å². The highest BCUT2D eigenvalue weighted by Crippen LogP contribution is 2.16. The number of carbonyl (C=O) groups is 4. The number of carboxylic acid groups (broad SMARTS) is 4. The second-order valence-electron chi connectivity index (χ2n) is 2.56. The number of aliphatic carboxylic acids is 4. The summed E-state index contributed by atoms with van der Waals surface area (Å²) in [7, 11) is 0. The molecule has 0 saturated heterocycles. The molecule has 0 saturated carbocycles. The second kappa shape index (κ2) is 5.58. The van der Waals surface area contributed by atoms with Crippen molar-refractivity contribution in [2.24, 2.45) is 5.41 Å². The molecule has 0 aromatic heterocycles. The average molecular weight is 222 g/mol. The third-order valence-corrected chi connectivity index (χ3v) is 1.28. The van der Waals surface area contributed by atoms with E-state index in [0.717, 1.165) is 6.92 Å². The molecule has 0 aromatic rings. The number of hydrogen-bond acceptors (Lipinski definition) is 4. The van der Waals surface area contributed by atoms with Gasteiger partial charge >= 0.3 is 17.9 Å². The summed E-state index contributed by atoms with van der Waals surface area (Å²) in [5.41, 5.74) is -2.75. The van der Waals surface area contributed by atoms with Crippen LogP contribution in [0.5, 0.6) is 0 Å². The Morgan fingerprint density at radius 3 is 0.933 bits per heavy atom. The van der Waals surface area contributed by atoms with Crippen molar-refractivity contribution >= 4 is 23.9 Å². The van der Waals surface area contributed by atoms with Gasteiger partial charge in [-0.05, 0) is 6.92 Å². The molecule has 0 radical (unpaired) electrons. The molecule has 8 heteroatoms. The minimum Gasteiger partial charge on any atom is -0.481 e. The van der Waals surface area contributed by atoms with E-state index in [9.17, 15) is 14.4 Å². The van der Waals surface area contributed by atoms with Gasteiger partial charge in [0.25, 0.3) is 11.4 Å². The van der Waals surface area contributed by atoms with Crippen LogP contribution in [0.3, 0.4) is 0 Å². The monoisotopic (exact) mass is 222 g/mol. The standard InChI is InChI=1S/C5H6O6.C2H4O2/c1-5(2(6)7,3(8)9)4(10)11;1-2(3)4/h1H3,(H,6,7)(H,8,9)(H,10,11);1H3,(H,3,4). The molecule has 0 bridgehead atoms. The van der Waals surface area contributed by atoms with Crippen LogP contribution in [0.1, 0.15) is 13.8 Å². The number of rotatable bonds is 3. The molecule has 0 heterocycles. The van der Waals surface area contributed by atoms with Crippen molar-refractivity contribution < 1.29 is 39.6 Å². The minimum absolute atomic E-state index is 0.611. The van der Waals surface area contributed by atoms with Gasteiger partial charge in [-0.15, -0.1) is 0 Å². The van der Waals surface area contributed by atoms with E-state index in [1.54, 1.807) is 0 Å². The van der Waals surface area contributed by atoms with E-state index >= 15 is 0 Å². The first-order chi connectivity index (χ1) is 6.56. The molecule has 0 aromatic carbocycles. The molecule has 0 rings (SSSR count). The molecular weight excluding hydrogens is 212 g/mol. The lowest BCUT2D eigenvalue weighted by atomic mass is 9.91. The third-order valence-electron chi connectivity index (χ3n) is 1.28. The largest absolute Gasteiger partial charge is 0.481 e. The van der Waals surface area contributed by atoms with E-state index in [1.165, 1.54) is 0 Å². The van der Waals surface area contributed by atoms with Crippen LogP contribution in [0.15, 0.2) is 0 Å². The third kappa shape index (κ3) is 4.60. The van der Waals surface area contributed by atoms with Crippen molar-refractivity contribution in [1.29, 1.82) is 0 Å². The normalized spacial score (nSPS) is 9.47. The molecule has 4 N–H and O–H groups in total. The van der Waals surface area contributed by atoms with Crippen LogP contribution >= 0.6 is 0 Å². The topological polar surface area (TPSA) is 149 Å². The predicted octanol–water partition coefficient (Wildman–Crippen LogP) is -0.663.